The highest BCUT2D eigenvalue weighted by Gasteiger charge is 2.16. The van der Waals surface area contributed by atoms with Gasteiger partial charge in [-0.2, -0.15) is 11.8 Å². The molecule has 0 saturated carbocycles. The van der Waals surface area contributed by atoms with Crippen molar-refractivity contribution in [1.82, 2.24) is 14.5 Å². The van der Waals surface area contributed by atoms with Crippen molar-refractivity contribution in [2.24, 2.45) is 0 Å². The summed E-state index contributed by atoms with van der Waals surface area (Å²) in [6.07, 6.45) is 6.61. The van der Waals surface area contributed by atoms with E-state index >= 15 is 0 Å². The quantitative estimate of drug-likeness (QED) is 0.658. The van der Waals surface area contributed by atoms with Gasteiger partial charge in [-0.05, 0) is 30.9 Å². The number of aromatic nitrogens is 3. The van der Waals surface area contributed by atoms with Crippen molar-refractivity contribution in [2.75, 3.05) is 17.7 Å². The number of rotatable bonds is 7. The summed E-state index contributed by atoms with van der Waals surface area (Å²) in [4.78, 5) is 9.38. The zero-order chi connectivity index (χ0) is 16.2. The molecule has 4 nitrogen and oxygen atoms in total. The summed E-state index contributed by atoms with van der Waals surface area (Å²) < 4.78 is 2.38. The van der Waals surface area contributed by atoms with E-state index in [9.17, 15) is 0 Å². The molecule has 0 unspecified atom stereocenters. The van der Waals surface area contributed by atoms with E-state index in [0.717, 1.165) is 59.3 Å². The van der Waals surface area contributed by atoms with Crippen molar-refractivity contribution in [1.29, 1.82) is 0 Å². The lowest BCUT2D eigenvalue weighted by atomic mass is 10.2. The summed E-state index contributed by atoms with van der Waals surface area (Å²) in [6, 6.07) is 8.22. The first kappa shape index (κ1) is 16.1. The number of pyridine rings is 1. The smallest absolute Gasteiger partial charge is 0.152 e. The largest absolute Gasteiger partial charge is 0.382 e. The van der Waals surface area contributed by atoms with E-state index in [1.54, 1.807) is 0 Å². The van der Waals surface area contributed by atoms with E-state index < -0.39 is 0 Å². The molecule has 0 aliphatic heterocycles. The first-order valence-corrected chi connectivity index (χ1v) is 9.68. The third kappa shape index (κ3) is 3.15. The fraction of sp³-hybridized carbons (Fsp3) is 0.444. The number of nitrogen functional groups attached to an aromatic ring is 1. The Bertz CT molecular complexity index is 809. The Morgan fingerprint density at radius 3 is 2.78 bits per heavy atom. The molecule has 0 aliphatic carbocycles. The van der Waals surface area contributed by atoms with Crippen LogP contribution in [0.4, 0.5) is 5.82 Å². The van der Waals surface area contributed by atoms with E-state index in [4.69, 9.17) is 10.7 Å². The number of nitrogens with zero attached hydrogens (tertiary/aromatic N) is 3. The Hall–Kier alpha value is -1.75. The molecule has 2 heterocycles. The van der Waals surface area contributed by atoms with Crippen molar-refractivity contribution in [3.63, 3.8) is 0 Å². The van der Waals surface area contributed by atoms with E-state index in [0.29, 0.717) is 5.82 Å². The van der Waals surface area contributed by atoms with Crippen LogP contribution in [0, 0.1) is 0 Å². The van der Waals surface area contributed by atoms with E-state index in [1.165, 1.54) is 6.42 Å². The number of unbranched alkanes of at least 4 members (excludes halogenated alkanes) is 1. The standard InChI is InChI=1S/C18H24N4S/c1-3-4-10-15-21-16-17(22(15)11-7-12-23-2)13-8-5-6-9-14(13)20-18(16)19/h5-6,8-9H,3-4,7,10-12H2,1-2H3,(H2,19,20). The van der Waals surface area contributed by atoms with Crippen molar-refractivity contribution >= 4 is 39.5 Å². The van der Waals surface area contributed by atoms with Gasteiger partial charge >= 0.3 is 0 Å². The minimum atomic E-state index is 0.542. The average molecular weight is 328 g/mol. The number of benzene rings is 1. The number of thioether (sulfide) groups is 1. The Balaban J connectivity index is 2.19. The van der Waals surface area contributed by atoms with Crippen LogP contribution < -0.4 is 5.73 Å². The molecule has 0 amide bonds. The van der Waals surface area contributed by atoms with Crippen molar-refractivity contribution in [3.8, 4) is 0 Å². The summed E-state index contributed by atoms with van der Waals surface area (Å²) in [5.41, 5.74) is 9.16. The second-order valence-corrected chi connectivity index (χ2v) is 6.83. The molecule has 3 aromatic rings. The summed E-state index contributed by atoms with van der Waals surface area (Å²) in [5.74, 6) is 2.85. The molecule has 0 atom stereocenters. The molecule has 5 heteroatoms. The molecule has 0 spiro atoms. The van der Waals surface area contributed by atoms with Crippen LogP contribution in [0.2, 0.25) is 0 Å². The Morgan fingerprint density at radius 1 is 1.17 bits per heavy atom. The molecular weight excluding hydrogens is 304 g/mol. The number of hydrogen-bond acceptors (Lipinski definition) is 4. The molecule has 0 radical (unpaired) electrons. The highest BCUT2D eigenvalue weighted by Crippen LogP contribution is 2.29. The van der Waals surface area contributed by atoms with Crippen molar-refractivity contribution < 1.29 is 0 Å². The molecule has 2 aromatic heterocycles. The molecule has 0 fully saturated rings. The Labute approximate surface area is 141 Å². The minimum Gasteiger partial charge on any atom is -0.382 e. The first-order chi connectivity index (χ1) is 11.3. The topological polar surface area (TPSA) is 56.7 Å². The van der Waals surface area contributed by atoms with Gasteiger partial charge < -0.3 is 10.3 Å². The molecule has 122 valence electrons. The number of nitrogens with two attached hydrogens (primary N) is 1. The number of fused-ring (bicyclic) bond motifs is 3. The molecule has 0 saturated heterocycles. The SMILES string of the molecule is CCCCc1nc2c(N)nc3ccccc3c2n1CCCSC. The monoisotopic (exact) mass is 328 g/mol. The number of aryl methyl sites for hydroxylation is 2. The predicted molar refractivity (Wildman–Crippen MR) is 101 cm³/mol. The maximum absolute atomic E-state index is 6.20. The van der Waals surface area contributed by atoms with Gasteiger partial charge in [0.15, 0.2) is 5.82 Å². The normalized spacial score (nSPS) is 11.6. The molecule has 2 N–H and O–H groups in total. The van der Waals surface area contributed by atoms with Gasteiger partial charge in [0.25, 0.3) is 0 Å². The molecule has 0 bridgehead atoms. The highest BCUT2D eigenvalue weighted by molar-refractivity contribution is 7.98. The fourth-order valence-corrected chi connectivity index (χ4v) is 3.46. The van der Waals surface area contributed by atoms with Crippen LogP contribution >= 0.6 is 11.8 Å². The van der Waals surface area contributed by atoms with Gasteiger partial charge in [-0.25, -0.2) is 9.97 Å². The van der Waals surface area contributed by atoms with Gasteiger partial charge in [0.2, 0.25) is 0 Å². The molecule has 1 aromatic carbocycles. The summed E-state index contributed by atoms with van der Waals surface area (Å²) in [5, 5.41) is 1.15. The van der Waals surface area contributed by atoms with Crippen LogP contribution in [0.1, 0.15) is 32.0 Å². The van der Waals surface area contributed by atoms with Gasteiger partial charge in [-0.15, -0.1) is 0 Å². The van der Waals surface area contributed by atoms with E-state index in [1.807, 2.05) is 23.9 Å². The second-order valence-electron chi connectivity index (χ2n) is 5.84. The zero-order valence-corrected chi connectivity index (χ0v) is 14.7. The van der Waals surface area contributed by atoms with Gasteiger partial charge in [-0.1, -0.05) is 31.5 Å². The van der Waals surface area contributed by atoms with Crippen LogP contribution in [-0.2, 0) is 13.0 Å². The Morgan fingerprint density at radius 2 is 2.00 bits per heavy atom. The fourth-order valence-electron chi connectivity index (χ4n) is 3.04. The number of para-hydroxylation sites is 1. The van der Waals surface area contributed by atoms with Crippen LogP contribution in [0.3, 0.4) is 0 Å². The van der Waals surface area contributed by atoms with Gasteiger partial charge in [0.05, 0.1) is 11.0 Å². The first-order valence-electron chi connectivity index (χ1n) is 8.28. The second kappa shape index (κ2) is 7.21. The van der Waals surface area contributed by atoms with Gasteiger partial charge in [0.1, 0.15) is 11.3 Å². The van der Waals surface area contributed by atoms with E-state index in [2.05, 4.69) is 34.9 Å². The lowest BCUT2D eigenvalue weighted by Gasteiger charge is -2.10. The predicted octanol–water partition coefficient (Wildman–Crippen LogP) is 4.26. The van der Waals surface area contributed by atoms with Crippen LogP contribution in [0.15, 0.2) is 24.3 Å². The van der Waals surface area contributed by atoms with Crippen molar-refractivity contribution in [3.05, 3.63) is 30.1 Å². The Kier molecular flexibility index (Phi) is 5.06. The summed E-state index contributed by atoms with van der Waals surface area (Å²) in [7, 11) is 0. The van der Waals surface area contributed by atoms with E-state index in [-0.39, 0.29) is 0 Å². The zero-order valence-electron chi connectivity index (χ0n) is 13.9. The third-order valence-electron chi connectivity index (χ3n) is 4.17. The maximum Gasteiger partial charge on any atom is 0.152 e. The van der Waals surface area contributed by atoms with Crippen LogP contribution in [0.5, 0.6) is 0 Å². The number of anilines is 1. The highest BCUT2D eigenvalue weighted by atomic mass is 32.2. The van der Waals surface area contributed by atoms with Gasteiger partial charge in [-0.3, -0.25) is 0 Å². The van der Waals surface area contributed by atoms with Crippen LogP contribution in [0.25, 0.3) is 21.9 Å². The molecule has 0 aliphatic rings. The minimum absolute atomic E-state index is 0.542. The molecule has 3 rings (SSSR count). The van der Waals surface area contributed by atoms with Crippen molar-refractivity contribution in [2.45, 2.75) is 39.2 Å². The lowest BCUT2D eigenvalue weighted by molar-refractivity contribution is 0.638. The number of hydrogen-bond donors (Lipinski definition) is 1. The molecular formula is C18H24N4S. The van der Waals surface area contributed by atoms with Gasteiger partial charge in [0, 0.05) is 18.4 Å². The lowest BCUT2D eigenvalue weighted by Crippen LogP contribution is -2.05. The summed E-state index contributed by atoms with van der Waals surface area (Å²) >= 11 is 1.89. The van der Waals surface area contributed by atoms with Crippen LogP contribution in [-0.4, -0.2) is 26.5 Å². The third-order valence-corrected chi connectivity index (χ3v) is 4.87. The molecule has 23 heavy (non-hydrogen) atoms. The average Bonchev–Trinajstić information content (AvgIpc) is 2.93. The summed E-state index contributed by atoms with van der Waals surface area (Å²) in [6.45, 7) is 3.20. The number of imidazole rings is 1. The maximum atomic E-state index is 6.20.